The van der Waals surface area contributed by atoms with Gasteiger partial charge in [-0.3, -0.25) is 4.79 Å². The zero-order chi connectivity index (χ0) is 16.7. The molecule has 2 amide bonds. The number of pyridine rings is 1. The van der Waals surface area contributed by atoms with Crippen molar-refractivity contribution in [2.45, 2.75) is 58.0 Å². The van der Waals surface area contributed by atoms with Crippen LogP contribution in [0.15, 0.2) is 23.1 Å². The molecule has 3 heterocycles. The minimum atomic E-state index is -0.0134. The van der Waals surface area contributed by atoms with E-state index >= 15 is 0 Å². The molecule has 1 aromatic rings. The molecule has 0 spiro atoms. The number of aromatic nitrogens is 1. The highest BCUT2D eigenvalue weighted by atomic mass is 16.2. The van der Waals surface area contributed by atoms with Crippen LogP contribution in [0.25, 0.3) is 0 Å². The van der Waals surface area contributed by atoms with Crippen molar-refractivity contribution in [2.24, 2.45) is 17.8 Å². The summed E-state index contributed by atoms with van der Waals surface area (Å²) in [6, 6.07) is 3.67. The molecular weight excluding hydrogens is 302 g/mol. The highest BCUT2D eigenvalue weighted by molar-refractivity contribution is 5.89. The van der Waals surface area contributed by atoms with Crippen molar-refractivity contribution in [3.63, 3.8) is 0 Å². The number of anilines is 1. The van der Waals surface area contributed by atoms with Crippen molar-refractivity contribution < 1.29 is 4.79 Å². The molecule has 24 heavy (non-hydrogen) atoms. The van der Waals surface area contributed by atoms with Crippen molar-refractivity contribution >= 4 is 11.7 Å². The Kier molecular flexibility index (Phi) is 4.10. The van der Waals surface area contributed by atoms with E-state index in [4.69, 9.17) is 0 Å². The van der Waals surface area contributed by atoms with E-state index in [1.807, 2.05) is 6.92 Å². The Labute approximate surface area is 143 Å². The minimum Gasteiger partial charge on any atom is -0.321 e. The van der Waals surface area contributed by atoms with Gasteiger partial charge in [-0.05, 0) is 62.3 Å². The van der Waals surface area contributed by atoms with Gasteiger partial charge in [-0.1, -0.05) is 6.92 Å². The smallest absolute Gasteiger partial charge is 0.321 e. The summed E-state index contributed by atoms with van der Waals surface area (Å²) in [6.07, 6.45) is 9.01. The number of rotatable bonds is 3. The van der Waals surface area contributed by atoms with Crippen molar-refractivity contribution in [3.8, 4) is 0 Å². The Morgan fingerprint density at radius 2 is 1.83 bits per heavy atom. The summed E-state index contributed by atoms with van der Waals surface area (Å²) in [6.45, 7) is 3.62. The van der Waals surface area contributed by atoms with Crippen LogP contribution in [-0.4, -0.2) is 28.1 Å². The average Bonchev–Trinajstić information content (AvgIpc) is 2.74. The Hall–Kier alpha value is -1.78. The van der Waals surface area contributed by atoms with E-state index in [9.17, 15) is 9.59 Å². The molecule has 5 heteroatoms. The van der Waals surface area contributed by atoms with E-state index in [1.54, 1.807) is 22.9 Å². The Balaban J connectivity index is 1.50. The number of carbonyl (C=O) groups excluding carboxylic acids is 1. The summed E-state index contributed by atoms with van der Waals surface area (Å²) < 4.78 is 1.67. The molecule has 5 nitrogen and oxygen atoms in total. The fraction of sp³-hybridized carbons (Fsp3) is 0.684. The number of aryl methyl sites for hydroxylation is 1. The summed E-state index contributed by atoms with van der Waals surface area (Å²) in [5, 5.41) is 3.04. The van der Waals surface area contributed by atoms with Crippen LogP contribution in [0, 0.1) is 17.8 Å². The molecule has 4 fully saturated rings. The fourth-order valence-corrected chi connectivity index (χ4v) is 5.25. The Morgan fingerprint density at radius 1 is 1.12 bits per heavy atom. The first-order valence-electron chi connectivity index (χ1n) is 9.40. The molecule has 0 radical (unpaired) electrons. The largest absolute Gasteiger partial charge is 0.322 e. The lowest BCUT2D eigenvalue weighted by atomic mass is 9.68. The highest BCUT2D eigenvalue weighted by Gasteiger charge is 2.44. The maximum Gasteiger partial charge on any atom is 0.322 e. The predicted octanol–water partition coefficient (Wildman–Crippen LogP) is 3.30. The monoisotopic (exact) mass is 329 g/mol. The van der Waals surface area contributed by atoms with Gasteiger partial charge in [0.1, 0.15) is 0 Å². The number of hydrogen-bond acceptors (Lipinski definition) is 2. The number of carbonyl (C=O) groups is 1. The van der Waals surface area contributed by atoms with Crippen LogP contribution in [0.3, 0.4) is 0 Å². The Morgan fingerprint density at radius 3 is 2.54 bits per heavy atom. The van der Waals surface area contributed by atoms with Gasteiger partial charge in [0, 0.05) is 31.4 Å². The molecule has 2 unspecified atom stereocenters. The lowest BCUT2D eigenvalue weighted by Gasteiger charge is -2.38. The molecule has 2 saturated heterocycles. The van der Waals surface area contributed by atoms with Gasteiger partial charge < -0.3 is 14.8 Å². The minimum absolute atomic E-state index is 0.00916. The van der Waals surface area contributed by atoms with Gasteiger partial charge in [-0.2, -0.15) is 0 Å². The summed E-state index contributed by atoms with van der Waals surface area (Å²) in [7, 11) is 0. The van der Waals surface area contributed by atoms with E-state index in [0.717, 1.165) is 30.5 Å². The number of nitrogens with one attached hydrogen (secondary N) is 1. The standard InChI is InChI=1S/C19H27N3O2/c1-2-5-21-12-16(3-4-18(21)23)20-19(24)22-11-15-7-13-6-14(8-15)10-17(22)9-13/h3-4,12-15,17H,2,5-11H2,1H3,(H,20,24)/t13-,14+,15?,17?. The first-order chi connectivity index (χ1) is 11.6. The molecule has 4 bridgehead atoms. The second kappa shape index (κ2) is 6.26. The van der Waals surface area contributed by atoms with Crippen LogP contribution in [-0.2, 0) is 6.54 Å². The summed E-state index contributed by atoms with van der Waals surface area (Å²) in [5.41, 5.74) is 0.706. The molecule has 2 aliphatic heterocycles. The lowest BCUT2D eigenvalue weighted by Crippen LogP contribution is -2.44. The molecule has 4 aliphatic rings. The molecular formula is C19H27N3O2. The van der Waals surface area contributed by atoms with Crippen molar-refractivity contribution in [1.29, 1.82) is 0 Å². The topological polar surface area (TPSA) is 54.3 Å². The third-order valence-electron chi connectivity index (χ3n) is 6.07. The zero-order valence-electron chi connectivity index (χ0n) is 14.4. The molecule has 1 aromatic heterocycles. The number of nitrogens with zero attached hydrogens (tertiary/aromatic N) is 2. The number of fused-ring (bicyclic) bond motifs is 1. The van der Waals surface area contributed by atoms with Crippen LogP contribution in [0.4, 0.5) is 10.5 Å². The third-order valence-corrected chi connectivity index (χ3v) is 6.07. The van der Waals surface area contributed by atoms with Crippen LogP contribution in [0.5, 0.6) is 0 Å². The normalized spacial score (nSPS) is 31.1. The summed E-state index contributed by atoms with van der Waals surface area (Å²) >= 11 is 0. The van der Waals surface area contributed by atoms with Gasteiger partial charge >= 0.3 is 6.03 Å². The summed E-state index contributed by atoms with van der Waals surface area (Å²) in [5.74, 6) is 2.34. The fourth-order valence-electron chi connectivity index (χ4n) is 5.25. The lowest BCUT2D eigenvalue weighted by molar-refractivity contribution is 0.136. The average molecular weight is 329 g/mol. The molecule has 130 valence electrons. The number of hydrogen-bond donors (Lipinski definition) is 1. The zero-order valence-corrected chi connectivity index (χ0v) is 14.4. The van der Waals surface area contributed by atoms with Crippen LogP contribution < -0.4 is 10.9 Å². The molecule has 2 aliphatic carbocycles. The van der Waals surface area contributed by atoms with Crippen LogP contribution >= 0.6 is 0 Å². The SMILES string of the molecule is CCCn1cc(NC(=O)N2CC3C[C@@H]4CC2C[C@H](C3)C4)ccc1=O. The maximum absolute atomic E-state index is 12.9. The molecule has 5 rings (SSSR count). The van der Waals surface area contributed by atoms with E-state index in [0.29, 0.717) is 18.5 Å². The van der Waals surface area contributed by atoms with E-state index in [2.05, 4.69) is 10.2 Å². The number of urea groups is 1. The third kappa shape index (κ3) is 2.96. The van der Waals surface area contributed by atoms with E-state index < -0.39 is 0 Å². The molecule has 0 aromatic carbocycles. The van der Waals surface area contributed by atoms with E-state index in [1.165, 1.54) is 32.1 Å². The predicted molar refractivity (Wildman–Crippen MR) is 94.1 cm³/mol. The maximum atomic E-state index is 12.9. The highest BCUT2D eigenvalue weighted by Crippen LogP contribution is 2.47. The first-order valence-corrected chi connectivity index (χ1v) is 9.40. The number of amides is 2. The second-order valence-electron chi connectivity index (χ2n) is 7.96. The van der Waals surface area contributed by atoms with Gasteiger partial charge in [0.05, 0.1) is 5.69 Å². The molecule has 1 N–H and O–H groups in total. The van der Waals surface area contributed by atoms with Gasteiger partial charge in [-0.15, -0.1) is 0 Å². The summed E-state index contributed by atoms with van der Waals surface area (Å²) in [4.78, 5) is 26.8. The van der Waals surface area contributed by atoms with Crippen molar-refractivity contribution in [2.75, 3.05) is 11.9 Å². The van der Waals surface area contributed by atoms with E-state index in [-0.39, 0.29) is 11.6 Å². The quantitative estimate of drug-likeness (QED) is 0.925. The molecule has 4 atom stereocenters. The van der Waals surface area contributed by atoms with Gasteiger partial charge in [0.2, 0.25) is 0 Å². The van der Waals surface area contributed by atoms with Gasteiger partial charge in [-0.25, -0.2) is 4.79 Å². The van der Waals surface area contributed by atoms with Gasteiger partial charge in [0.25, 0.3) is 5.56 Å². The molecule has 2 saturated carbocycles. The van der Waals surface area contributed by atoms with Crippen LogP contribution in [0.2, 0.25) is 0 Å². The van der Waals surface area contributed by atoms with Crippen molar-refractivity contribution in [3.05, 3.63) is 28.7 Å². The Bertz CT molecular complexity index is 669. The van der Waals surface area contributed by atoms with Crippen molar-refractivity contribution in [1.82, 2.24) is 9.47 Å². The van der Waals surface area contributed by atoms with Gasteiger partial charge in [0.15, 0.2) is 0 Å². The first kappa shape index (κ1) is 15.7. The van der Waals surface area contributed by atoms with Crippen LogP contribution in [0.1, 0.15) is 45.4 Å². The second-order valence-corrected chi connectivity index (χ2v) is 7.96.